The molecule has 0 unspecified atom stereocenters. The minimum atomic E-state index is -0.359. The van der Waals surface area contributed by atoms with Gasteiger partial charge < -0.3 is 28.9 Å². The molecule has 0 atom stereocenters. The van der Waals surface area contributed by atoms with Crippen LogP contribution in [0.3, 0.4) is 0 Å². The molecule has 0 aromatic heterocycles. The van der Waals surface area contributed by atoms with Gasteiger partial charge in [0.1, 0.15) is 19.8 Å². The molecular formula is C25H47N3O6. The van der Waals surface area contributed by atoms with E-state index in [4.69, 9.17) is 14.2 Å². The number of carbonyl (C=O) groups is 3. The second-order valence-corrected chi connectivity index (χ2v) is 7.84. The predicted molar refractivity (Wildman–Crippen MR) is 138 cm³/mol. The first-order chi connectivity index (χ1) is 15.8. The molecule has 0 saturated heterocycles. The highest BCUT2D eigenvalue weighted by molar-refractivity contribution is 5.87. The quantitative estimate of drug-likeness (QED) is 0.209. The zero-order chi connectivity index (χ0) is 27.1. The second-order valence-electron chi connectivity index (χ2n) is 7.84. The van der Waals surface area contributed by atoms with Crippen LogP contribution in [0.1, 0.15) is 27.7 Å². The standard InChI is InChI=1S/C10H19NO2.C8H15NO2.C7H13NO2/c1-5-11(6-2)7-8-13-10(12)9(3)4;1-7(2)8(10)11-6-5-9(3)4;1-4-7(9)10-6-5-8(2)3/h3,5-8H2,1-2,4H3;1,5-6H2,2-4H3;4H,1,5-6H2,2-3H3. The van der Waals surface area contributed by atoms with Gasteiger partial charge in [-0.25, -0.2) is 14.4 Å². The number of carbonyl (C=O) groups excluding carboxylic acids is 3. The number of ether oxygens (including phenoxy) is 3. The lowest BCUT2D eigenvalue weighted by Gasteiger charge is -2.17. The van der Waals surface area contributed by atoms with E-state index in [-0.39, 0.29) is 17.9 Å². The van der Waals surface area contributed by atoms with Crippen LogP contribution in [0.4, 0.5) is 0 Å². The van der Waals surface area contributed by atoms with Crippen LogP contribution in [0.2, 0.25) is 0 Å². The number of rotatable bonds is 14. The van der Waals surface area contributed by atoms with E-state index in [9.17, 15) is 14.4 Å². The van der Waals surface area contributed by atoms with Crippen LogP contribution in [0, 0.1) is 0 Å². The van der Waals surface area contributed by atoms with E-state index in [1.807, 2.05) is 38.0 Å². The molecule has 0 aromatic carbocycles. The molecule has 0 heterocycles. The third-order valence-electron chi connectivity index (χ3n) is 3.95. The van der Waals surface area contributed by atoms with E-state index < -0.39 is 0 Å². The molecule has 0 amide bonds. The SMILES string of the molecule is C=C(C)C(=O)OCCN(C)C.C=C(C)C(=O)OCCN(CC)CC.C=CC(=O)OCCN(C)C. The molecule has 0 aliphatic rings. The number of likely N-dealkylation sites (N-methyl/N-ethyl adjacent to an activating group) is 3. The molecule has 9 heteroatoms. The van der Waals surface area contributed by atoms with Crippen molar-refractivity contribution in [3.8, 4) is 0 Å². The van der Waals surface area contributed by atoms with Gasteiger partial charge in [-0.05, 0) is 55.1 Å². The molecule has 9 nitrogen and oxygen atoms in total. The Morgan fingerprint density at radius 1 is 0.706 bits per heavy atom. The Morgan fingerprint density at radius 2 is 1.06 bits per heavy atom. The molecule has 0 aliphatic carbocycles. The van der Waals surface area contributed by atoms with Crippen LogP contribution in [-0.2, 0) is 28.6 Å². The van der Waals surface area contributed by atoms with Gasteiger partial charge in [0, 0.05) is 36.9 Å². The molecule has 0 N–H and O–H groups in total. The third kappa shape index (κ3) is 27.5. The molecule has 0 spiro atoms. The molecule has 0 radical (unpaired) electrons. The molecule has 0 fully saturated rings. The molecule has 0 bridgehead atoms. The predicted octanol–water partition coefficient (Wildman–Crippen LogP) is 2.39. The monoisotopic (exact) mass is 485 g/mol. The van der Waals surface area contributed by atoms with Crippen molar-refractivity contribution in [1.29, 1.82) is 0 Å². The third-order valence-corrected chi connectivity index (χ3v) is 3.95. The van der Waals surface area contributed by atoms with Gasteiger partial charge in [0.25, 0.3) is 0 Å². The van der Waals surface area contributed by atoms with Gasteiger partial charge in [0.15, 0.2) is 0 Å². The molecule has 0 aromatic rings. The minimum Gasteiger partial charge on any atom is -0.461 e. The number of nitrogens with zero attached hydrogens (tertiary/aromatic N) is 3. The summed E-state index contributed by atoms with van der Waals surface area (Å²) in [7, 11) is 7.69. The fourth-order valence-corrected chi connectivity index (χ4v) is 1.76. The van der Waals surface area contributed by atoms with E-state index in [1.54, 1.807) is 13.8 Å². The number of esters is 3. The van der Waals surface area contributed by atoms with Crippen molar-refractivity contribution in [2.45, 2.75) is 27.7 Å². The van der Waals surface area contributed by atoms with E-state index >= 15 is 0 Å². The first kappa shape index (κ1) is 36.1. The zero-order valence-corrected chi connectivity index (χ0v) is 22.6. The fraction of sp³-hybridized carbons (Fsp3) is 0.640. The van der Waals surface area contributed by atoms with E-state index in [0.717, 1.165) is 38.8 Å². The van der Waals surface area contributed by atoms with Gasteiger partial charge in [-0.15, -0.1) is 0 Å². The van der Waals surface area contributed by atoms with Crippen molar-refractivity contribution in [3.63, 3.8) is 0 Å². The highest BCUT2D eigenvalue weighted by atomic mass is 16.5. The Labute approximate surface area is 207 Å². The van der Waals surface area contributed by atoms with Gasteiger partial charge in [0.05, 0.1) is 0 Å². The van der Waals surface area contributed by atoms with Crippen molar-refractivity contribution >= 4 is 17.9 Å². The molecule has 0 saturated carbocycles. The van der Waals surface area contributed by atoms with Crippen molar-refractivity contribution in [2.24, 2.45) is 0 Å². The zero-order valence-electron chi connectivity index (χ0n) is 22.6. The molecule has 34 heavy (non-hydrogen) atoms. The van der Waals surface area contributed by atoms with Crippen LogP contribution < -0.4 is 0 Å². The first-order valence-corrected chi connectivity index (χ1v) is 11.3. The topological polar surface area (TPSA) is 88.6 Å². The summed E-state index contributed by atoms with van der Waals surface area (Å²) in [5, 5.41) is 0. The molecule has 0 aliphatic heterocycles. The Hall–Kier alpha value is -2.49. The second kappa shape index (κ2) is 23.7. The van der Waals surface area contributed by atoms with E-state index in [0.29, 0.717) is 31.0 Å². The lowest BCUT2D eigenvalue weighted by Crippen LogP contribution is -2.27. The summed E-state index contributed by atoms with van der Waals surface area (Å²) in [4.78, 5) is 38.3. The van der Waals surface area contributed by atoms with Crippen molar-refractivity contribution in [3.05, 3.63) is 37.0 Å². The average molecular weight is 486 g/mol. The van der Waals surface area contributed by atoms with E-state index in [1.165, 1.54) is 0 Å². The summed E-state index contributed by atoms with van der Waals surface area (Å²) in [5.41, 5.74) is 0.906. The Balaban J connectivity index is -0.000000428. The van der Waals surface area contributed by atoms with Gasteiger partial charge in [0.2, 0.25) is 0 Å². The van der Waals surface area contributed by atoms with E-state index in [2.05, 4.69) is 38.5 Å². The van der Waals surface area contributed by atoms with Gasteiger partial charge in [-0.1, -0.05) is 33.6 Å². The summed E-state index contributed by atoms with van der Waals surface area (Å²) in [6, 6.07) is 0. The summed E-state index contributed by atoms with van der Waals surface area (Å²) in [5.74, 6) is -0.971. The maximum atomic E-state index is 11.0. The Morgan fingerprint density at radius 3 is 1.35 bits per heavy atom. The lowest BCUT2D eigenvalue weighted by molar-refractivity contribution is -0.140. The van der Waals surface area contributed by atoms with Gasteiger partial charge in [-0.3, -0.25) is 0 Å². The maximum absolute atomic E-state index is 11.0. The van der Waals surface area contributed by atoms with Crippen LogP contribution in [0.25, 0.3) is 0 Å². The van der Waals surface area contributed by atoms with Crippen molar-refractivity contribution in [1.82, 2.24) is 14.7 Å². The van der Waals surface area contributed by atoms with Crippen molar-refractivity contribution < 1.29 is 28.6 Å². The van der Waals surface area contributed by atoms with Gasteiger partial charge in [-0.2, -0.15) is 0 Å². The lowest BCUT2D eigenvalue weighted by atomic mass is 10.4. The van der Waals surface area contributed by atoms with Crippen LogP contribution >= 0.6 is 0 Å². The molecule has 0 rings (SSSR count). The van der Waals surface area contributed by atoms with Gasteiger partial charge >= 0.3 is 17.9 Å². The van der Waals surface area contributed by atoms with Crippen LogP contribution in [0.15, 0.2) is 37.0 Å². The number of hydrogen-bond acceptors (Lipinski definition) is 9. The average Bonchev–Trinajstić information content (AvgIpc) is 2.76. The normalized spacial score (nSPS) is 9.85. The fourth-order valence-electron chi connectivity index (χ4n) is 1.76. The molecular weight excluding hydrogens is 438 g/mol. The largest absolute Gasteiger partial charge is 0.461 e. The van der Waals surface area contributed by atoms with Crippen LogP contribution in [-0.4, -0.2) is 113 Å². The highest BCUT2D eigenvalue weighted by Crippen LogP contribution is 1.93. The summed E-state index contributed by atoms with van der Waals surface area (Å²) in [6.07, 6.45) is 1.16. The summed E-state index contributed by atoms with van der Waals surface area (Å²) in [6.45, 7) is 23.3. The summed E-state index contributed by atoms with van der Waals surface area (Å²) >= 11 is 0. The number of hydrogen-bond donors (Lipinski definition) is 0. The first-order valence-electron chi connectivity index (χ1n) is 11.3. The Bertz CT molecular complexity index is 614. The minimum absolute atomic E-state index is 0.299. The molecule has 198 valence electrons. The highest BCUT2D eigenvalue weighted by Gasteiger charge is 2.04. The maximum Gasteiger partial charge on any atom is 0.333 e. The summed E-state index contributed by atoms with van der Waals surface area (Å²) < 4.78 is 14.5. The van der Waals surface area contributed by atoms with Crippen molar-refractivity contribution in [2.75, 3.05) is 80.7 Å². The van der Waals surface area contributed by atoms with Crippen LogP contribution in [0.5, 0.6) is 0 Å². The smallest absolute Gasteiger partial charge is 0.333 e. The Kier molecular flexibility index (Phi) is 25.1.